The smallest absolute Gasteiger partial charge is 0.301 e. The van der Waals surface area contributed by atoms with Crippen LogP contribution in [-0.2, 0) is 20.8 Å². The molecule has 1 aliphatic heterocycles. The third-order valence-electron chi connectivity index (χ3n) is 7.55. The number of carbonyl (C=O) groups is 2. The lowest BCUT2D eigenvalue weighted by Gasteiger charge is -2.24. The van der Waals surface area contributed by atoms with Gasteiger partial charge in [-0.05, 0) is 48.1 Å². The fraction of sp³-hybridized carbons (Fsp3) is 0.242. The fourth-order valence-corrected chi connectivity index (χ4v) is 7.05. The van der Waals surface area contributed by atoms with Gasteiger partial charge in [-0.1, -0.05) is 104 Å². The summed E-state index contributed by atoms with van der Waals surface area (Å²) >= 11 is 2.77. The van der Waals surface area contributed by atoms with E-state index in [4.69, 9.17) is 0 Å². The first-order valence-electron chi connectivity index (χ1n) is 13.9. The molecule has 43 heavy (non-hydrogen) atoms. The van der Waals surface area contributed by atoms with Crippen molar-refractivity contribution in [2.45, 2.75) is 56.2 Å². The van der Waals surface area contributed by atoms with E-state index in [9.17, 15) is 14.7 Å². The summed E-state index contributed by atoms with van der Waals surface area (Å²) in [6.07, 6.45) is 1.77. The van der Waals surface area contributed by atoms with Crippen LogP contribution >= 0.6 is 23.1 Å². The van der Waals surface area contributed by atoms with Gasteiger partial charge >= 0.3 is 5.91 Å². The Bertz CT molecular complexity index is 1880. The molecule has 2 aromatic carbocycles. The Labute approximate surface area is 258 Å². The normalized spacial score (nSPS) is 16.9. The lowest BCUT2D eigenvalue weighted by molar-refractivity contribution is -0.132. The van der Waals surface area contributed by atoms with E-state index < -0.39 is 17.7 Å². The molecule has 6 rings (SSSR count). The number of imidazole rings is 1. The highest BCUT2D eigenvalue weighted by atomic mass is 32.2. The topological polar surface area (TPSA) is 101 Å². The number of pyridine rings is 1. The Morgan fingerprint density at radius 2 is 1.70 bits per heavy atom. The molecule has 0 radical (unpaired) electrons. The number of rotatable bonds is 6. The maximum absolute atomic E-state index is 13.7. The first kappa shape index (κ1) is 28.8. The number of ketones is 1. The number of fused-ring (bicyclic) bond motifs is 1. The highest BCUT2D eigenvalue weighted by Crippen LogP contribution is 2.44. The largest absolute Gasteiger partial charge is 0.505 e. The van der Waals surface area contributed by atoms with Crippen LogP contribution in [0.15, 0.2) is 82.8 Å². The van der Waals surface area contributed by atoms with E-state index in [1.165, 1.54) is 33.6 Å². The van der Waals surface area contributed by atoms with Crippen LogP contribution in [0.5, 0.6) is 0 Å². The molecule has 5 aromatic rings. The molecule has 0 spiro atoms. The number of aliphatic hydroxyl groups excluding tert-OH is 1. The van der Waals surface area contributed by atoms with Crippen molar-refractivity contribution in [3.63, 3.8) is 0 Å². The lowest BCUT2D eigenvalue weighted by atomic mass is 9.85. The zero-order valence-corrected chi connectivity index (χ0v) is 26.2. The van der Waals surface area contributed by atoms with E-state index in [1.807, 2.05) is 49.4 Å². The molecule has 1 saturated heterocycles. The van der Waals surface area contributed by atoms with Crippen LogP contribution in [0.3, 0.4) is 0 Å². The number of benzene rings is 2. The van der Waals surface area contributed by atoms with Gasteiger partial charge in [-0.25, -0.2) is 4.98 Å². The summed E-state index contributed by atoms with van der Waals surface area (Å²) in [6, 6.07) is 20.7. The Kier molecular flexibility index (Phi) is 7.43. The van der Waals surface area contributed by atoms with Crippen molar-refractivity contribution in [2.75, 3.05) is 4.90 Å². The van der Waals surface area contributed by atoms with Gasteiger partial charge in [0, 0.05) is 11.9 Å². The summed E-state index contributed by atoms with van der Waals surface area (Å²) in [4.78, 5) is 33.4. The van der Waals surface area contributed by atoms with E-state index in [-0.39, 0.29) is 16.7 Å². The molecule has 10 heteroatoms. The molecule has 3 aromatic heterocycles. The number of hydrogen-bond donors (Lipinski definition) is 1. The predicted octanol–water partition coefficient (Wildman–Crippen LogP) is 7.02. The molecule has 8 nitrogen and oxygen atoms in total. The standard InChI is InChI=1S/C33H31N5O3S2/c1-19-9-11-21(12-10-19)18-42-32-36-35-31(43-32)38-27(22-13-15-23(16-14-22)33(3,4)5)25(29(40)30(38)41)28(39)26-20(2)34-24-8-6-7-17-37(24)26/h6-17,27,39H,18H2,1-5H3/b28-25+. The molecule has 218 valence electrons. The van der Waals surface area contributed by atoms with Crippen LogP contribution in [0.25, 0.3) is 11.4 Å². The number of amides is 1. The molecule has 0 aliphatic carbocycles. The maximum atomic E-state index is 13.7. The van der Waals surface area contributed by atoms with Gasteiger partial charge in [-0.15, -0.1) is 10.2 Å². The third-order valence-corrected chi connectivity index (χ3v) is 9.68. The summed E-state index contributed by atoms with van der Waals surface area (Å²) in [7, 11) is 0. The number of aliphatic hydroxyl groups is 1. The van der Waals surface area contributed by atoms with E-state index in [1.54, 1.807) is 17.5 Å². The number of Topliss-reactive ketones (excluding diaryl/α,β-unsaturated/α-hetero) is 1. The SMILES string of the molecule is Cc1ccc(CSc2nnc(N3C(=O)C(=O)/C(=C(/O)c4c(C)nc5ccccn45)C3c3ccc(C(C)(C)C)cc3)s2)cc1. The molecular weight excluding hydrogens is 579 g/mol. The van der Waals surface area contributed by atoms with Crippen LogP contribution in [-0.4, -0.2) is 36.4 Å². The first-order valence-corrected chi connectivity index (χ1v) is 15.7. The van der Waals surface area contributed by atoms with Crippen LogP contribution in [0.2, 0.25) is 0 Å². The number of hydrogen-bond acceptors (Lipinski definition) is 8. The Hall–Kier alpha value is -4.28. The molecular formula is C33H31N5O3S2. The zero-order chi connectivity index (χ0) is 30.5. The van der Waals surface area contributed by atoms with Gasteiger partial charge in [0.15, 0.2) is 10.1 Å². The summed E-state index contributed by atoms with van der Waals surface area (Å²) < 4.78 is 2.40. The molecule has 0 saturated carbocycles. The van der Waals surface area contributed by atoms with Crippen molar-refractivity contribution in [1.29, 1.82) is 0 Å². The van der Waals surface area contributed by atoms with Gasteiger partial charge < -0.3 is 5.11 Å². The van der Waals surface area contributed by atoms with Crippen molar-refractivity contribution < 1.29 is 14.7 Å². The molecule has 4 heterocycles. The minimum Gasteiger partial charge on any atom is -0.505 e. The van der Waals surface area contributed by atoms with Crippen molar-refractivity contribution in [3.8, 4) is 0 Å². The Morgan fingerprint density at radius 1 is 0.977 bits per heavy atom. The second-order valence-electron chi connectivity index (χ2n) is 11.6. The monoisotopic (exact) mass is 609 g/mol. The number of anilines is 1. The minimum absolute atomic E-state index is 0.00804. The Morgan fingerprint density at radius 3 is 2.40 bits per heavy atom. The predicted molar refractivity (Wildman–Crippen MR) is 171 cm³/mol. The van der Waals surface area contributed by atoms with E-state index >= 15 is 0 Å². The molecule has 0 bridgehead atoms. The van der Waals surface area contributed by atoms with Crippen LogP contribution in [0.4, 0.5) is 5.13 Å². The van der Waals surface area contributed by atoms with Gasteiger partial charge in [0.25, 0.3) is 5.78 Å². The number of aryl methyl sites for hydroxylation is 2. The number of thioether (sulfide) groups is 1. The third kappa shape index (κ3) is 5.36. The van der Waals surface area contributed by atoms with Crippen LogP contribution in [0, 0.1) is 13.8 Å². The molecule has 1 aliphatic rings. The van der Waals surface area contributed by atoms with Gasteiger partial charge in [0.05, 0.1) is 17.3 Å². The second kappa shape index (κ2) is 11.1. The molecule has 1 fully saturated rings. The van der Waals surface area contributed by atoms with E-state index in [2.05, 4.69) is 60.2 Å². The van der Waals surface area contributed by atoms with Gasteiger partial charge in [-0.2, -0.15) is 0 Å². The van der Waals surface area contributed by atoms with Gasteiger partial charge in [0.2, 0.25) is 5.13 Å². The Balaban J connectivity index is 1.44. The summed E-state index contributed by atoms with van der Waals surface area (Å²) in [5, 5.41) is 20.8. The summed E-state index contributed by atoms with van der Waals surface area (Å²) in [6.45, 7) is 10.2. The van der Waals surface area contributed by atoms with Crippen molar-refractivity contribution >= 4 is 51.3 Å². The average molecular weight is 610 g/mol. The second-order valence-corrected chi connectivity index (χ2v) is 13.8. The fourth-order valence-electron chi connectivity index (χ4n) is 5.22. The van der Waals surface area contributed by atoms with Gasteiger partial charge in [-0.3, -0.25) is 18.9 Å². The van der Waals surface area contributed by atoms with Crippen LogP contribution in [0.1, 0.15) is 60.5 Å². The molecule has 1 amide bonds. The molecule has 1 N–H and O–H groups in total. The van der Waals surface area contributed by atoms with Crippen molar-refractivity contribution in [1.82, 2.24) is 19.6 Å². The van der Waals surface area contributed by atoms with E-state index in [0.29, 0.717) is 37.8 Å². The zero-order valence-electron chi connectivity index (χ0n) is 24.5. The van der Waals surface area contributed by atoms with Gasteiger partial charge in [0.1, 0.15) is 11.3 Å². The van der Waals surface area contributed by atoms with E-state index in [0.717, 1.165) is 11.1 Å². The average Bonchev–Trinajstić information content (AvgIpc) is 3.65. The van der Waals surface area contributed by atoms with Crippen LogP contribution < -0.4 is 4.90 Å². The van der Waals surface area contributed by atoms with Crippen molar-refractivity contribution in [3.05, 3.63) is 112 Å². The highest BCUT2D eigenvalue weighted by Gasteiger charge is 2.49. The first-order chi connectivity index (χ1) is 20.5. The quantitative estimate of drug-likeness (QED) is 0.0726. The summed E-state index contributed by atoms with van der Waals surface area (Å²) in [5.41, 5.74) is 5.58. The molecule has 1 atom stereocenters. The highest BCUT2D eigenvalue weighted by molar-refractivity contribution is 8.00. The minimum atomic E-state index is -0.898. The molecule has 1 unspecified atom stereocenters. The number of nitrogens with zero attached hydrogens (tertiary/aromatic N) is 5. The number of aromatic nitrogens is 4. The number of carbonyl (C=O) groups excluding carboxylic acids is 2. The lowest BCUT2D eigenvalue weighted by Crippen LogP contribution is -2.29. The van der Waals surface area contributed by atoms with Crippen molar-refractivity contribution in [2.24, 2.45) is 0 Å². The maximum Gasteiger partial charge on any atom is 0.301 e. The summed E-state index contributed by atoms with van der Waals surface area (Å²) in [5.74, 6) is -1.12.